The van der Waals surface area contributed by atoms with E-state index in [2.05, 4.69) is 26.7 Å². The van der Waals surface area contributed by atoms with Crippen molar-refractivity contribution in [2.45, 2.75) is 44.3 Å². The van der Waals surface area contributed by atoms with E-state index in [9.17, 15) is 17.6 Å². The van der Waals surface area contributed by atoms with Gasteiger partial charge in [-0.3, -0.25) is 0 Å². The first-order valence-corrected chi connectivity index (χ1v) is 11.4. The Bertz CT molecular complexity index is 912. The number of benzene rings is 2. The normalized spacial score (nSPS) is 20.5. The van der Waals surface area contributed by atoms with Gasteiger partial charge in [0.1, 0.15) is 17.7 Å². The minimum absolute atomic E-state index is 0.0613. The highest BCUT2D eigenvalue weighted by molar-refractivity contribution is 5.45. The molecule has 4 nitrogen and oxygen atoms in total. The van der Waals surface area contributed by atoms with Crippen molar-refractivity contribution in [2.75, 3.05) is 39.8 Å². The highest BCUT2D eigenvalue weighted by Crippen LogP contribution is 2.36. The van der Waals surface area contributed by atoms with Crippen LogP contribution in [0, 0.1) is 0 Å². The van der Waals surface area contributed by atoms with Gasteiger partial charge in [-0.2, -0.15) is 0 Å². The quantitative estimate of drug-likeness (QED) is 0.405. The summed E-state index contributed by atoms with van der Waals surface area (Å²) in [5.41, 5.74) is 3.27. The van der Waals surface area contributed by atoms with Crippen molar-refractivity contribution >= 4 is 0 Å². The van der Waals surface area contributed by atoms with Gasteiger partial charge in [0.2, 0.25) is 0 Å². The van der Waals surface area contributed by atoms with Crippen LogP contribution in [0.2, 0.25) is 0 Å². The molecule has 1 atom stereocenters. The molecule has 0 aliphatic carbocycles. The Morgan fingerprint density at radius 1 is 1.00 bits per heavy atom. The zero-order valence-corrected chi connectivity index (χ0v) is 18.8. The molecule has 0 saturated carbocycles. The first-order valence-electron chi connectivity index (χ1n) is 11.4. The number of piperidine rings is 1. The zero-order valence-electron chi connectivity index (χ0n) is 18.8. The van der Waals surface area contributed by atoms with Crippen LogP contribution >= 0.6 is 0 Å². The van der Waals surface area contributed by atoms with Crippen molar-refractivity contribution in [1.29, 1.82) is 0 Å². The van der Waals surface area contributed by atoms with Crippen molar-refractivity contribution in [1.82, 2.24) is 9.80 Å². The number of halogens is 4. The van der Waals surface area contributed by atoms with Gasteiger partial charge in [0.25, 0.3) is 0 Å². The van der Waals surface area contributed by atoms with Crippen molar-refractivity contribution in [3.8, 4) is 11.5 Å². The molecule has 0 amide bonds. The van der Waals surface area contributed by atoms with Crippen LogP contribution in [0.1, 0.15) is 41.9 Å². The van der Waals surface area contributed by atoms with Gasteiger partial charge in [-0.05, 0) is 67.3 Å². The maximum absolute atomic E-state index is 13.2. The standard InChI is InChI=1S/C25H30F4N2O2/c1-30-16-19-15-22(32-14-2-11-31-12-9-20(26)10-13-31)7-8-23(19)24(17-30)18-3-5-21(6-4-18)33-25(27,28)29/h3-8,15,20,24H,2,9-14,16-17H2,1H3. The third-order valence-corrected chi connectivity index (χ3v) is 6.34. The molecule has 0 radical (unpaired) electrons. The van der Waals surface area contributed by atoms with Gasteiger partial charge in [0.05, 0.1) is 6.61 Å². The van der Waals surface area contributed by atoms with Crippen LogP contribution in [0.4, 0.5) is 17.6 Å². The van der Waals surface area contributed by atoms with Crippen molar-refractivity contribution in [3.05, 3.63) is 59.2 Å². The largest absolute Gasteiger partial charge is 0.573 e. The van der Waals surface area contributed by atoms with E-state index in [0.29, 0.717) is 19.4 Å². The van der Waals surface area contributed by atoms with Crippen molar-refractivity contribution in [3.63, 3.8) is 0 Å². The summed E-state index contributed by atoms with van der Waals surface area (Å²) >= 11 is 0. The Hall–Kier alpha value is -2.32. The Labute approximate surface area is 192 Å². The highest BCUT2D eigenvalue weighted by atomic mass is 19.4. The van der Waals surface area contributed by atoms with E-state index in [0.717, 1.165) is 56.0 Å². The van der Waals surface area contributed by atoms with Crippen molar-refractivity contribution < 1.29 is 27.0 Å². The number of hydrogen-bond donors (Lipinski definition) is 0. The van der Waals surface area contributed by atoms with Gasteiger partial charge in [-0.25, -0.2) is 4.39 Å². The average Bonchev–Trinajstić information content (AvgIpc) is 2.76. The molecule has 180 valence electrons. The molecule has 2 aliphatic heterocycles. The van der Waals surface area contributed by atoms with Crippen LogP contribution < -0.4 is 9.47 Å². The summed E-state index contributed by atoms with van der Waals surface area (Å²) in [4.78, 5) is 4.49. The summed E-state index contributed by atoms with van der Waals surface area (Å²) < 4.78 is 60.6. The number of alkyl halides is 4. The fourth-order valence-corrected chi connectivity index (χ4v) is 4.70. The molecule has 1 fully saturated rings. The molecule has 0 spiro atoms. The molecule has 2 heterocycles. The van der Waals surface area contributed by atoms with Crippen LogP contribution in [0.5, 0.6) is 11.5 Å². The van der Waals surface area contributed by atoms with Crippen LogP contribution in [0.15, 0.2) is 42.5 Å². The first kappa shape index (κ1) is 23.8. The van der Waals surface area contributed by atoms with E-state index in [-0.39, 0.29) is 11.7 Å². The smallest absolute Gasteiger partial charge is 0.494 e. The summed E-state index contributed by atoms with van der Waals surface area (Å²) in [5.74, 6) is 0.666. The second kappa shape index (κ2) is 10.3. The van der Waals surface area contributed by atoms with Gasteiger partial charge in [0, 0.05) is 38.6 Å². The molecule has 2 aromatic rings. The molecule has 0 bridgehead atoms. The van der Waals surface area contributed by atoms with Gasteiger partial charge in [-0.1, -0.05) is 18.2 Å². The molecule has 33 heavy (non-hydrogen) atoms. The zero-order chi connectivity index (χ0) is 23.4. The number of likely N-dealkylation sites (N-methyl/N-ethyl adjacent to an activating group) is 1. The fourth-order valence-electron chi connectivity index (χ4n) is 4.70. The third kappa shape index (κ3) is 6.60. The van der Waals surface area contributed by atoms with E-state index >= 15 is 0 Å². The molecule has 1 unspecified atom stereocenters. The van der Waals surface area contributed by atoms with Gasteiger partial charge in [0.15, 0.2) is 0 Å². The Kier molecular flexibility index (Phi) is 7.44. The van der Waals surface area contributed by atoms with E-state index < -0.39 is 12.5 Å². The summed E-state index contributed by atoms with van der Waals surface area (Å²) in [6.07, 6.45) is -3.21. The van der Waals surface area contributed by atoms with Crippen LogP contribution in [-0.4, -0.2) is 62.2 Å². The molecular formula is C25H30F4N2O2. The lowest BCUT2D eigenvalue weighted by Gasteiger charge is -2.33. The molecular weight excluding hydrogens is 436 g/mol. The summed E-state index contributed by atoms with van der Waals surface area (Å²) in [7, 11) is 2.03. The second-order valence-electron chi connectivity index (χ2n) is 8.95. The summed E-state index contributed by atoms with van der Waals surface area (Å²) in [6.45, 7) is 4.72. The van der Waals surface area contributed by atoms with E-state index in [1.165, 1.54) is 17.7 Å². The molecule has 4 rings (SSSR count). The average molecular weight is 467 g/mol. The number of nitrogens with zero attached hydrogens (tertiary/aromatic N) is 2. The van der Waals surface area contributed by atoms with Crippen molar-refractivity contribution in [2.24, 2.45) is 0 Å². The van der Waals surface area contributed by atoms with Crippen LogP contribution in [-0.2, 0) is 6.54 Å². The molecule has 1 saturated heterocycles. The van der Waals surface area contributed by atoms with E-state index in [1.807, 2.05) is 13.1 Å². The molecule has 0 aromatic heterocycles. The SMILES string of the molecule is CN1Cc2cc(OCCCN3CCC(F)CC3)ccc2C(c2ccc(OC(F)(F)F)cc2)C1. The second-order valence-corrected chi connectivity index (χ2v) is 8.95. The minimum atomic E-state index is -4.69. The lowest BCUT2D eigenvalue weighted by molar-refractivity contribution is -0.274. The summed E-state index contributed by atoms with van der Waals surface area (Å²) in [5, 5.41) is 0. The number of rotatable bonds is 7. The Balaban J connectivity index is 1.37. The van der Waals surface area contributed by atoms with Crippen LogP contribution in [0.3, 0.4) is 0 Å². The maximum Gasteiger partial charge on any atom is 0.573 e. The predicted molar refractivity (Wildman–Crippen MR) is 118 cm³/mol. The molecule has 2 aliphatic rings. The van der Waals surface area contributed by atoms with E-state index in [4.69, 9.17) is 4.74 Å². The van der Waals surface area contributed by atoms with Crippen LogP contribution in [0.25, 0.3) is 0 Å². The highest BCUT2D eigenvalue weighted by Gasteiger charge is 2.31. The predicted octanol–water partition coefficient (Wildman–Crippen LogP) is 5.37. The number of fused-ring (bicyclic) bond motifs is 1. The van der Waals surface area contributed by atoms with Gasteiger partial charge < -0.3 is 19.3 Å². The fraction of sp³-hybridized carbons (Fsp3) is 0.520. The lowest BCUT2D eigenvalue weighted by Crippen LogP contribution is -2.35. The first-order chi connectivity index (χ1) is 15.8. The van der Waals surface area contributed by atoms with Gasteiger partial charge in [-0.15, -0.1) is 13.2 Å². The number of likely N-dealkylation sites (tertiary alicyclic amines) is 1. The van der Waals surface area contributed by atoms with E-state index in [1.54, 1.807) is 12.1 Å². The number of hydrogen-bond acceptors (Lipinski definition) is 4. The molecule has 8 heteroatoms. The maximum atomic E-state index is 13.2. The topological polar surface area (TPSA) is 24.9 Å². The Morgan fingerprint density at radius 3 is 2.39 bits per heavy atom. The third-order valence-electron chi connectivity index (χ3n) is 6.34. The minimum Gasteiger partial charge on any atom is -0.494 e. The molecule has 0 N–H and O–H groups in total. The lowest BCUT2D eigenvalue weighted by atomic mass is 9.84. The number of ether oxygens (including phenoxy) is 2. The molecule has 2 aromatic carbocycles. The Morgan fingerprint density at radius 2 is 1.70 bits per heavy atom. The summed E-state index contributed by atoms with van der Waals surface area (Å²) in [6, 6.07) is 12.2. The monoisotopic (exact) mass is 466 g/mol. The van der Waals surface area contributed by atoms with Gasteiger partial charge >= 0.3 is 6.36 Å².